The van der Waals surface area contributed by atoms with Crippen molar-refractivity contribution in [2.75, 3.05) is 23.7 Å². The van der Waals surface area contributed by atoms with Gasteiger partial charge in [0, 0.05) is 22.6 Å². The third-order valence-electron chi connectivity index (χ3n) is 5.34. The predicted octanol–water partition coefficient (Wildman–Crippen LogP) is 3.72. The molecule has 1 amide bonds. The Labute approximate surface area is 200 Å². The van der Waals surface area contributed by atoms with Crippen LogP contribution in [0.5, 0.6) is 5.75 Å². The van der Waals surface area contributed by atoms with E-state index in [0.717, 1.165) is 38.8 Å². The Morgan fingerprint density at radius 1 is 1.12 bits per heavy atom. The van der Waals surface area contributed by atoms with E-state index in [0.29, 0.717) is 18.0 Å². The maximum absolute atomic E-state index is 12.6. The number of benzene rings is 2. The lowest BCUT2D eigenvalue weighted by atomic mass is 10.2. The largest absolute Gasteiger partial charge is 0.492 e. The summed E-state index contributed by atoms with van der Waals surface area (Å²) in [5.74, 6) is -0.184. The van der Waals surface area contributed by atoms with Crippen LogP contribution >= 0.6 is 0 Å². The summed E-state index contributed by atoms with van der Waals surface area (Å²) in [6.07, 6.45) is 2.61. The van der Waals surface area contributed by atoms with E-state index in [9.17, 15) is 13.2 Å². The number of aryl methyl sites for hydroxylation is 2. The summed E-state index contributed by atoms with van der Waals surface area (Å²) < 4.78 is 33.5. The van der Waals surface area contributed by atoms with Crippen molar-refractivity contribution in [1.82, 2.24) is 9.99 Å². The Bertz CT molecular complexity index is 1310. The van der Waals surface area contributed by atoms with Crippen molar-refractivity contribution in [3.63, 3.8) is 0 Å². The fourth-order valence-corrected chi connectivity index (χ4v) is 4.62. The first-order valence-corrected chi connectivity index (χ1v) is 12.7. The molecule has 0 spiro atoms. The number of nitrogens with one attached hydrogen (secondary N) is 1. The van der Waals surface area contributed by atoms with E-state index >= 15 is 0 Å². The SMILES string of the molecule is CCOc1ccccc1N(CC(=O)N/N=C\c1cc(C)n(-c2ccccc2C)c1C)S(C)(=O)=O. The number of carbonyl (C=O) groups is 1. The molecule has 8 nitrogen and oxygen atoms in total. The van der Waals surface area contributed by atoms with Gasteiger partial charge in [-0.25, -0.2) is 13.8 Å². The van der Waals surface area contributed by atoms with Crippen LogP contribution in [0.2, 0.25) is 0 Å². The second-order valence-corrected chi connectivity index (χ2v) is 9.82. The molecular weight excluding hydrogens is 452 g/mol. The van der Waals surface area contributed by atoms with Crippen molar-refractivity contribution in [3.05, 3.63) is 77.1 Å². The molecule has 34 heavy (non-hydrogen) atoms. The van der Waals surface area contributed by atoms with Crippen molar-refractivity contribution in [2.24, 2.45) is 5.10 Å². The number of amides is 1. The van der Waals surface area contributed by atoms with Crippen LogP contribution in [0.3, 0.4) is 0 Å². The zero-order valence-electron chi connectivity index (χ0n) is 20.1. The van der Waals surface area contributed by atoms with Gasteiger partial charge >= 0.3 is 0 Å². The van der Waals surface area contributed by atoms with Crippen LogP contribution in [0.1, 0.15) is 29.4 Å². The summed E-state index contributed by atoms with van der Waals surface area (Å²) >= 11 is 0. The maximum Gasteiger partial charge on any atom is 0.260 e. The van der Waals surface area contributed by atoms with E-state index in [-0.39, 0.29) is 0 Å². The van der Waals surface area contributed by atoms with Crippen molar-refractivity contribution in [1.29, 1.82) is 0 Å². The Balaban J connectivity index is 1.77. The molecule has 0 fully saturated rings. The van der Waals surface area contributed by atoms with Gasteiger partial charge in [0.05, 0.1) is 24.8 Å². The Kier molecular flexibility index (Phi) is 7.78. The van der Waals surface area contributed by atoms with Crippen LogP contribution < -0.4 is 14.5 Å². The average Bonchev–Trinajstić information content (AvgIpc) is 3.05. The summed E-state index contributed by atoms with van der Waals surface area (Å²) in [4.78, 5) is 12.6. The average molecular weight is 483 g/mol. The lowest BCUT2D eigenvalue weighted by molar-refractivity contribution is -0.119. The summed E-state index contributed by atoms with van der Waals surface area (Å²) in [7, 11) is -3.74. The summed E-state index contributed by atoms with van der Waals surface area (Å²) in [5, 5.41) is 4.07. The number of sulfonamides is 1. The van der Waals surface area contributed by atoms with E-state index < -0.39 is 22.5 Å². The molecule has 9 heteroatoms. The number of ether oxygens (including phenoxy) is 1. The summed E-state index contributed by atoms with van der Waals surface area (Å²) in [5.41, 5.74) is 7.83. The molecule has 3 aromatic rings. The van der Waals surface area contributed by atoms with Gasteiger partial charge in [-0.3, -0.25) is 9.10 Å². The number of rotatable bonds is 9. The monoisotopic (exact) mass is 482 g/mol. The normalized spacial score (nSPS) is 11.6. The third-order valence-corrected chi connectivity index (χ3v) is 6.47. The second kappa shape index (κ2) is 10.6. The van der Waals surface area contributed by atoms with Gasteiger partial charge in [0.25, 0.3) is 5.91 Å². The number of anilines is 1. The van der Waals surface area contributed by atoms with E-state index in [1.165, 1.54) is 0 Å². The number of hydrogen-bond donors (Lipinski definition) is 1. The highest BCUT2D eigenvalue weighted by molar-refractivity contribution is 7.92. The van der Waals surface area contributed by atoms with Gasteiger partial charge < -0.3 is 9.30 Å². The number of hydrogen-bond acceptors (Lipinski definition) is 5. The molecule has 0 atom stereocenters. The highest BCUT2D eigenvalue weighted by atomic mass is 32.2. The van der Waals surface area contributed by atoms with E-state index in [2.05, 4.69) is 34.2 Å². The molecule has 0 bridgehead atoms. The van der Waals surface area contributed by atoms with Gasteiger partial charge in [-0.15, -0.1) is 0 Å². The van der Waals surface area contributed by atoms with Gasteiger partial charge in [-0.1, -0.05) is 30.3 Å². The fourth-order valence-electron chi connectivity index (χ4n) is 3.76. The number of aromatic nitrogens is 1. The number of nitrogens with zero attached hydrogens (tertiary/aromatic N) is 3. The molecule has 2 aromatic carbocycles. The lowest BCUT2D eigenvalue weighted by Gasteiger charge is -2.23. The maximum atomic E-state index is 12.6. The van der Waals surface area contributed by atoms with Crippen LogP contribution in [0.15, 0.2) is 59.7 Å². The first-order chi connectivity index (χ1) is 16.1. The van der Waals surface area contributed by atoms with Crippen LogP contribution in [-0.4, -0.2) is 44.5 Å². The minimum atomic E-state index is -3.74. The molecule has 0 saturated carbocycles. The van der Waals surface area contributed by atoms with Crippen LogP contribution in [0.4, 0.5) is 5.69 Å². The lowest BCUT2D eigenvalue weighted by Crippen LogP contribution is -2.39. The molecule has 0 saturated heterocycles. The molecule has 1 N–H and O–H groups in total. The van der Waals surface area contributed by atoms with Crippen molar-refractivity contribution < 1.29 is 17.9 Å². The zero-order chi connectivity index (χ0) is 24.9. The molecule has 0 aliphatic carbocycles. The van der Waals surface area contributed by atoms with Gasteiger partial charge in [0.2, 0.25) is 10.0 Å². The standard InChI is InChI=1S/C25H30N4O4S/c1-6-33-24-14-10-9-13-23(24)28(34(5,31)32)17-25(30)27-26-16-21-15-19(3)29(20(21)4)22-12-8-7-11-18(22)2/h7-16H,6,17H2,1-5H3,(H,27,30)/b26-16-. The van der Waals surface area contributed by atoms with Gasteiger partial charge in [0.15, 0.2) is 0 Å². The molecule has 1 aromatic heterocycles. The Morgan fingerprint density at radius 2 is 1.79 bits per heavy atom. The van der Waals surface area contributed by atoms with Crippen LogP contribution in [0.25, 0.3) is 5.69 Å². The molecule has 1 heterocycles. The number of carbonyl (C=O) groups excluding carboxylic acids is 1. The van der Waals surface area contributed by atoms with Crippen LogP contribution in [0, 0.1) is 20.8 Å². The minimum absolute atomic E-state index is 0.299. The zero-order valence-corrected chi connectivity index (χ0v) is 20.9. The number of hydrazone groups is 1. The molecule has 3 rings (SSSR count). The van der Waals surface area contributed by atoms with Crippen LogP contribution in [-0.2, 0) is 14.8 Å². The van der Waals surface area contributed by atoms with Crippen molar-refractivity contribution in [2.45, 2.75) is 27.7 Å². The molecule has 0 aliphatic heterocycles. The van der Waals surface area contributed by atoms with E-state index in [1.54, 1.807) is 37.4 Å². The molecule has 0 unspecified atom stereocenters. The third kappa shape index (κ3) is 5.66. The summed E-state index contributed by atoms with van der Waals surface area (Å²) in [6.45, 7) is 7.79. The molecular formula is C25H30N4O4S. The van der Waals surface area contributed by atoms with E-state index in [1.807, 2.05) is 32.0 Å². The predicted molar refractivity (Wildman–Crippen MR) is 136 cm³/mol. The Hall–Kier alpha value is -3.59. The topological polar surface area (TPSA) is 93.0 Å². The highest BCUT2D eigenvalue weighted by Crippen LogP contribution is 2.29. The van der Waals surface area contributed by atoms with Crippen molar-refractivity contribution >= 4 is 27.8 Å². The fraction of sp³-hybridized carbons (Fsp3) is 0.280. The van der Waals surface area contributed by atoms with Crippen molar-refractivity contribution in [3.8, 4) is 11.4 Å². The number of para-hydroxylation sites is 3. The Morgan fingerprint density at radius 3 is 2.47 bits per heavy atom. The first-order valence-electron chi connectivity index (χ1n) is 10.9. The highest BCUT2D eigenvalue weighted by Gasteiger charge is 2.23. The smallest absolute Gasteiger partial charge is 0.260 e. The summed E-state index contributed by atoms with van der Waals surface area (Å²) in [6, 6.07) is 16.8. The second-order valence-electron chi connectivity index (χ2n) is 7.91. The quantitative estimate of drug-likeness (QED) is 0.372. The van der Waals surface area contributed by atoms with Gasteiger partial charge in [-0.05, 0) is 57.5 Å². The minimum Gasteiger partial charge on any atom is -0.492 e. The van der Waals surface area contributed by atoms with Gasteiger partial charge in [-0.2, -0.15) is 5.10 Å². The molecule has 180 valence electrons. The molecule has 0 aliphatic rings. The first kappa shape index (κ1) is 25.0. The molecule has 0 radical (unpaired) electrons. The van der Waals surface area contributed by atoms with Gasteiger partial charge in [0.1, 0.15) is 12.3 Å². The van der Waals surface area contributed by atoms with E-state index in [4.69, 9.17) is 4.74 Å².